The highest BCUT2D eigenvalue weighted by molar-refractivity contribution is 8.37. The minimum absolute atomic E-state index is 0.115. The third kappa shape index (κ3) is 2.69. The van der Waals surface area contributed by atoms with Crippen LogP contribution in [0.3, 0.4) is 0 Å². The van der Waals surface area contributed by atoms with Crippen LogP contribution in [0.5, 0.6) is 0 Å². The minimum atomic E-state index is -4.18. The molecule has 1 atom stereocenters. The van der Waals surface area contributed by atoms with Crippen molar-refractivity contribution >= 4 is 41.5 Å². The van der Waals surface area contributed by atoms with Crippen LogP contribution < -0.4 is 0 Å². The average Bonchev–Trinajstić information content (AvgIpc) is 2.62. The summed E-state index contributed by atoms with van der Waals surface area (Å²) < 4.78 is 31.2. The summed E-state index contributed by atoms with van der Waals surface area (Å²) in [5, 5.41) is 0.939. The van der Waals surface area contributed by atoms with Gasteiger partial charge in [0.15, 0.2) is 0 Å². The van der Waals surface area contributed by atoms with Crippen LogP contribution in [0.1, 0.15) is 26.2 Å². The summed E-state index contributed by atoms with van der Waals surface area (Å²) >= 11 is 5.40. The lowest BCUT2D eigenvalue weighted by Crippen LogP contribution is -2.03. The lowest BCUT2D eigenvalue weighted by Gasteiger charge is -2.03. The van der Waals surface area contributed by atoms with E-state index >= 15 is 0 Å². The van der Waals surface area contributed by atoms with Crippen LogP contribution in [0.15, 0.2) is 33.0 Å². The molecule has 4 nitrogen and oxygen atoms in total. The fourth-order valence-corrected chi connectivity index (χ4v) is 4.32. The van der Waals surface area contributed by atoms with E-state index in [-0.39, 0.29) is 4.90 Å². The van der Waals surface area contributed by atoms with Crippen LogP contribution in [-0.4, -0.2) is 18.0 Å². The van der Waals surface area contributed by atoms with E-state index in [4.69, 9.17) is 15.7 Å². The van der Waals surface area contributed by atoms with Gasteiger partial charge in [0.25, 0.3) is 10.1 Å². The number of rotatable bonds is 4. The Labute approximate surface area is 113 Å². The van der Waals surface area contributed by atoms with E-state index in [0.717, 1.165) is 34.9 Å². The molecule has 7 heteroatoms. The third-order valence-corrected chi connectivity index (χ3v) is 6.05. The number of fused-ring (bicyclic) bond motifs is 1. The third-order valence-electron chi connectivity index (χ3n) is 2.63. The molecule has 1 heterocycles. The zero-order valence-electron chi connectivity index (χ0n) is 9.79. The van der Waals surface area contributed by atoms with E-state index in [1.54, 1.807) is 6.07 Å². The average molecular weight is 303 g/mol. The Hall–Kier alpha value is -0.630. The van der Waals surface area contributed by atoms with E-state index in [1.807, 2.05) is 0 Å². The topological polar surface area (TPSA) is 66.7 Å². The number of unbranched alkanes of at least 4 members (excludes halogenated alkanes) is 1. The van der Waals surface area contributed by atoms with E-state index in [1.165, 1.54) is 12.1 Å². The minimum Gasteiger partial charge on any atom is -0.282 e. The molecular formula is C11H13NO3S3. The van der Waals surface area contributed by atoms with Gasteiger partial charge in [-0.25, -0.2) is 4.99 Å². The lowest BCUT2D eigenvalue weighted by atomic mass is 10.3. The number of benzene rings is 1. The normalized spacial score (nSPS) is 18.6. The standard InChI is InChI=1S/C11H13NO3S3/c1-2-3-4-11-12-9-6-5-8(18(13,14)15)7-10(9)17(11)16/h5-7H,2-4H2,1H3,(H,13,14,15). The Balaban J connectivity index is 2.36. The Morgan fingerprint density at radius 2 is 2.17 bits per heavy atom. The molecule has 98 valence electrons. The second-order valence-corrected chi connectivity index (χ2v) is 7.85. The Morgan fingerprint density at radius 3 is 2.78 bits per heavy atom. The summed E-state index contributed by atoms with van der Waals surface area (Å²) in [5.74, 6) is 0. The van der Waals surface area contributed by atoms with Gasteiger partial charge in [-0.1, -0.05) is 13.3 Å². The van der Waals surface area contributed by atoms with Crippen molar-refractivity contribution in [3.63, 3.8) is 0 Å². The summed E-state index contributed by atoms with van der Waals surface area (Å²) in [6, 6.07) is 4.39. The van der Waals surface area contributed by atoms with Crippen molar-refractivity contribution in [2.75, 3.05) is 0 Å². The van der Waals surface area contributed by atoms with Gasteiger partial charge in [-0.05, 0) is 51.7 Å². The van der Waals surface area contributed by atoms with Gasteiger partial charge in [0.05, 0.1) is 15.6 Å². The number of aliphatic imine (C=N–C) groups is 1. The molecule has 0 radical (unpaired) electrons. The number of hydrogen-bond donors (Lipinski definition) is 1. The zero-order chi connectivity index (χ0) is 13.3. The number of hydrogen-bond acceptors (Lipinski definition) is 4. The maximum Gasteiger partial charge on any atom is 0.294 e. The van der Waals surface area contributed by atoms with Gasteiger partial charge in [-0.2, -0.15) is 8.42 Å². The first-order chi connectivity index (χ1) is 8.43. The van der Waals surface area contributed by atoms with E-state index < -0.39 is 19.6 Å². The largest absolute Gasteiger partial charge is 0.294 e. The molecule has 1 aliphatic heterocycles. The fourth-order valence-electron chi connectivity index (χ4n) is 1.68. The van der Waals surface area contributed by atoms with Gasteiger partial charge < -0.3 is 0 Å². The molecule has 0 spiro atoms. The van der Waals surface area contributed by atoms with Crippen molar-refractivity contribution in [3.05, 3.63) is 18.2 Å². The predicted molar refractivity (Wildman–Crippen MR) is 75.9 cm³/mol. The predicted octanol–water partition coefficient (Wildman–Crippen LogP) is 2.61. The molecule has 0 aliphatic carbocycles. The molecule has 0 saturated heterocycles. The lowest BCUT2D eigenvalue weighted by molar-refractivity contribution is 0.483. The maximum absolute atomic E-state index is 11.1. The highest BCUT2D eigenvalue weighted by atomic mass is 32.8. The molecule has 18 heavy (non-hydrogen) atoms. The van der Waals surface area contributed by atoms with Gasteiger partial charge in [-0.15, -0.1) is 0 Å². The van der Waals surface area contributed by atoms with E-state index in [9.17, 15) is 8.42 Å². The second-order valence-electron chi connectivity index (χ2n) is 3.98. The monoisotopic (exact) mass is 303 g/mol. The van der Waals surface area contributed by atoms with Crippen molar-refractivity contribution in [1.29, 1.82) is 0 Å². The molecule has 0 bridgehead atoms. The summed E-state index contributed by atoms with van der Waals surface area (Å²) in [6.45, 7) is 2.10. The van der Waals surface area contributed by atoms with Crippen LogP contribution in [-0.2, 0) is 30.8 Å². The molecule has 1 unspecified atom stereocenters. The quantitative estimate of drug-likeness (QED) is 0.868. The SMILES string of the molecule is CCCCC1=Nc2ccc(S(=O)(=O)O)cc2S1=S. The Bertz CT molecular complexity index is 635. The summed E-state index contributed by atoms with van der Waals surface area (Å²) in [6.07, 6.45) is 2.94. The van der Waals surface area contributed by atoms with Gasteiger partial charge in [0.2, 0.25) is 0 Å². The van der Waals surface area contributed by atoms with Crippen LogP contribution in [0.25, 0.3) is 0 Å². The summed E-state index contributed by atoms with van der Waals surface area (Å²) in [5.41, 5.74) is 0.729. The first-order valence-electron chi connectivity index (χ1n) is 5.54. The molecule has 1 aromatic rings. The molecule has 1 N–H and O–H groups in total. The van der Waals surface area contributed by atoms with Crippen LogP contribution >= 0.6 is 0 Å². The summed E-state index contributed by atoms with van der Waals surface area (Å²) in [4.78, 5) is 5.05. The molecule has 1 aromatic carbocycles. The Morgan fingerprint density at radius 1 is 1.44 bits per heavy atom. The fraction of sp³-hybridized carbons (Fsp3) is 0.364. The molecule has 0 aromatic heterocycles. The molecule has 0 saturated carbocycles. The molecule has 2 rings (SSSR count). The maximum atomic E-state index is 11.1. The van der Waals surface area contributed by atoms with E-state index in [2.05, 4.69) is 11.9 Å². The van der Waals surface area contributed by atoms with Crippen molar-refractivity contribution in [2.45, 2.75) is 36.0 Å². The first-order valence-corrected chi connectivity index (χ1v) is 9.13. The number of nitrogens with zero attached hydrogens (tertiary/aromatic N) is 1. The molecule has 1 aliphatic rings. The molecular weight excluding hydrogens is 290 g/mol. The van der Waals surface area contributed by atoms with Crippen LogP contribution in [0, 0.1) is 0 Å². The highest BCUT2D eigenvalue weighted by Crippen LogP contribution is 2.33. The van der Waals surface area contributed by atoms with Gasteiger partial charge >= 0.3 is 0 Å². The smallest absolute Gasteiger partial charge is 0.282 e. The van der Waals surface area contributed by atoms with Crippen molar-refractivity contribution in [3.8, 4) is 0 Å². The van der Waals surface area contributed by atoms with Gasteiger partial charge in [0.1, 0.15) is 0 Å². The first kappa shape index (κ1) is 13.8. The van der Waals surface area contributed by atoms with Gasteiger partial charge in [-0.3, -0.25) is 4.55 Å². The van der Waals surface area contributed by atoms with E-state index in [0.29, 0.717) is 0 Å². The second kappa shape index (κ2) is 5.16. The zero-order valence-corrected chi connectivity index (χ0v) is 12.2. The summed E-state index contributed by atoms with van der Waals surface area (Å²) in [7, 11) is -4.75. The van der Waals surface area contributed by atoms with Gasteiger partial charge in [0, 0.05) is 4.90 Å². The molecule has 0 fully saturated rings. The molecule has 0 amide bonds. The highest BCUT2D eigenvalue weighted by Gasteiger charge is 2.22. The van der Waals surface area contributed by atoms with Crippen LogP contribution in [0.4, 0.5) is 5.69 Å². The van der Waals surface area contributed by atoms with Crippen molar-refractivity contribution in [2.24, 2.45) is 4.99 Å². The van der Waals surface area contributed by atoms with Crippen molar-refractivity contribution in [1.82, 2.24) is 0 Å². The Kier molecular flexibility index (Phi) is 3.96. The van der Waals surface area contributed by atoms with Crippen molar-refractivity contribution < 1.29 is 13.0 Å². The van der Waals surface area contributed by atoms with Crippen LogP contribution in [0.2, 0.25) is 0 Å².